The second-order valence-electron chi connectivity index (χ2n) is 5.70. The molecule has 0 aromatic rings. The van der Waals surface area contributed by atoms with Gasteiger partial charge in [0.1, 0.15) is 0 Å². The van der Waals surface area contributed by atoms with Crippen LogP contribution in [-0.2, 0) is 9.53 Å². The van der Waals surface area contributed by atoms with Crippen LogP contribution in [0.25, 0.3) is 0 Å². The largest absolute Gasteiger partial charge is 0.469 e. The molecule has 1 saturated heterocycles. The van der Waals surface area contributed by atoms with E-state index in [-0.39, 0.29) is 11.4 Å². The second-order valence-corrected chi connectivity index (χ2v) is 5.70. The van der Waals surface area contributed by atoms with Crippen LogP contribution < -0.4 is 5.32 Å². The molecular weight excluding hydrogens is 190 g/mol. The van der Waals surface area contributed by atoms with E-state index in [0.29, 0.717) is 5.41 Å². The van der Waals surface area contributed by atoms with Crippen molar-refractivity contribution in [3.8, 4) is 0 Å². The molecule has 0 aromatic carbocycles. The monoisotopic (exact) mass is 209 g/mol. The zero-order chi connectivity index (χ0) is 10.5. The topological polar surface area (TPSA) is 38.3 Å². The maximum atomic E-state index is 11.8. The molecule has 84 valence electrons. The van der Waals surface area contributed by atoms with Crippen molar-refractivity contribution in [2.45, 2.75) is 32.1 Å². The fraction of sp³-hybridized carbons (Fsp3) is 0.917. The molecule has 3 aliphatic carbocycles. The average Bonchev–Trinajstić information content (AvgIpc) is 2.12. The zero-order valence-corrected chi connectivity index (χ0v) is 9.34. The molecule has 0 spiro atoms. The van der Waals surface area contributed by atoms with E-state index in [1.807, 2.05) is 0 Å². The minimum absolute atomic E-state index is 0.0464. The number of fused-ring (bicyclic) bond motifs is 2. The van der Waals surface area contributed by atoms with Gasteiger partial charge < -0.3 is 10.1 Å². The maximum absolute atomic E-state index is 11.8. The number of methoxy groups -OCH3 is 1. The first kappa shape index (κ1) is 9.64. The molecule has 1 aliphatic heterocycles. The van der Waals surface area contributed by atoms with Gasteiger partial charge in [0.25, 0.3) is 0 Å². The van der Waals surface area contributed by atoms with Gasteiger partial charge in [0.15, 0.2) is 0 Å². The molecule has 0 radical (unpaired) electrons. The van der Waals surface area contributed by atoms with Crippen molar-refractivity contribution < 1.29 is 9.53 Å². The van der Waals surface area contributed by atoms with Crippen molar-refractivity contribution in [3.05, 3.63) is 0 Å². The number of nitrogens with one attached hydrogen (secondary N) is 1. The fourth-order valence-corrected chi connectivity index (χ4v) is 4.11. The summed E-state index contributed by atoms with van der Waals surface area (Å²) in [5, 5.41) is 3.35. The highest BCUT2D eigenvalue weighted by Crippen LogP contribution is 2.67. The number of carbonyl (C=O) groups excluding carboxylic acids is 1. The van der Waals surface area contributed by atoms with Crippen molar-refractivity contribution in [1.82, 2.24) is 5.32 Å². The van der Waals surface area contributed by atoms with Gasteiger partial charge in [-0.05, 0) is 50.1 Å². The Hall–Kier alpha value is -0.570. The highest BCUT2D eigenvalue weighted by molar-refractivity contribution is 5.78. The Morgan fingerprint density at radius 2 is 2.07 bits per heavy atom. The molecule has 3 heteroatoms. The third-order valence-corrected chi connectivity index (χ3v) is 4.98. The van der Waals surface area contributed by atoms with Crippen LogP contribution in [0.3, 0.4) is 0 Å². The van der Waals surface area contributed by atoms with E-state index in [0.717, 1.165) is 38.3 Å². The SMILES string of the molecule is COC(=O)C12CCCC(C3CNC3)(C1)C2. The molecule has 4 aliphatic rings. The predicted octanol–water partition coefficient (Wildman–Crippen LogP) is 1.33. The molecular formula is C12H19NO2. The Morgan fingerprint density at radius 1 is 1.33 bits per heavy atom. The quantitative estimate of drug-likeness (QED) is 0.697. The van der Waals surface area contributed by atoms with E-state index in [9.17, 15) is 4.79 Å². The highest BCUT2D eigenvalue weighted by Gasteiger charge is 2.64. The molecule has 0 aromatic heterocycles. The van der Waals surface area contributed by atoms with Gasteiger partial charge in [0, 0.05) is 0 Å². The first-order valence-corrected chi connectivity index (χ1v) is 6.00. The van der Waals surface area contributed by atoms with Crippen LogP contribution in [0.2, 0.25) is 0 Å². The molecule has 0 atom stereocenters. The third kappa shape index (κ3) is 1.13. The number of hydrogen-bond acceptors (Lipinski definition) is 3. The summed E-state index contributed by atoms with van der Waals surface area (Å²) in [4.78, 5) is 11.8. The lowest BCUT2D eigenvalue weighted by atomic mass is 9.41. The summed E-state index contributed by atoms with van der Waals surface area (Å²) in [6.45, 7) is 2.33. The van der Waals surface area contributed by atoms with Crippen LogP contribution in [0.1, 0.15) is 32.1 Å². The summed E-state index contributed by atoms with van der Waals surface area (Å²) in [7, 11) is 1.52. The Morgan fingerprint density at radius 3 is 2.60 bits per heavy atom. The van der Waals surface area contributed by atoms with E-state index in [2.05, 4.69) is 5.32 Å². The number of hydrogen-bond donors (Lipinski definition) is 1. The van der Waals surface area contributed by atoms with Crippen molar-refractivity contribution >= 4 is 5.97 Å². The van der Waals surface area contributed by atoms with Crippen LogP contribution in [0, 0.1) is 16.7 Å². The number of ether oxygens (including phenoxy) is 1. The fourth-order valence-electron chi connectivity index (χ4n) is 4.11. The van der Waals surface area contributed by atoms with Crippen molar-refractivity contribution in [1.29, 1.82) is 0 Å². The lowest BCUT2D eigenvalue weighted by molar-refractivity contribution is -0.191. The average molecular weight is 209 g/mol. The Kier molecular flexibility index (Phi) is 1.91. The van der Waals surface area contributed by atoms with Crippen LogP contribution in [0.15, 0.2) is 0 Å². The van der Waals surface area contributed by atoms with Crippen LogP contribution in [0.5, 0.6) is 0 Å². The van der Waals surface area contributed by atoms with E-state index in [1.54, 1.807) is 0 Å². The van der Waals surface area contributed by atoms with Gasteiger partial charge in [-0.15, -0.1) is 0 Å². The summed E-state index contributed by atoms with van der Waals surface area (Å²) in [5.74, 6) is 0.876. The first-order valence-electron chi connectivity index (χ1n) is 6.00. The number of rotatable bonds is 2. The molecule has 3 saturated carbocycles. The third-order valence-electron chi connectivity index (χ3n) is 4.98. The molecule has 4 rings (SSSR count). The maximum Gasteiger partial charge on any atom is 0.311 e. The Bertz CT molecular complexity index is 290. The van der Waals surface area contributed by atoms with Crippen LogP contribution >= 0.6 is 0 Å². The predicted molar refractivity (Wildman–Crippen MR) is 56.3 cm³/mol. The molecule has 3 nitrogen and oxygen atoms in total. The van der Waals surface area contributed by atoms with Crippen LogP contribution in [0.4, 0.5) is 0 Å². The lowest BCUT2D eigenvalue weighted by Crippen LogP contribution is -2.64. The van der Waals surface area contributed by atoms with Crippen molar-refractivity contribution in [2.75, 3.05) is 20.2 Å². The van der Waals surface area contributed by atoms with Crippen molar-refractivity contribution in [3.63, 3.8) is 0 Å². The molecule has 2 bridgehead atoms. The summed E-state index contributed by atoms with van der Waals surface area (Å²) >= 11 is 0. The van der Waals surface area contributed by atoms with E-state index < -0.39 is 0 Å². The van der Waals surface area contributed by atoms with Gasteiger partial charge >= 0.3 is 5.97 Å². The summed E-state index contributed by atoms with van der Waals surface area (Å²) in [6.07, 6.45) is 5.79. The van der Waals surface area contributed by atoms with Gasteiger partial charge in [-0.3, -0.25) is 4.79 Å². The normalized spacial score (nSPS) is 44.1. The van der Waals surface area contributed by atoms with Gasteiger partial charge in [0.05, 0.1) is 12.5 Å². The standard InChI is InChI=1S/C12H19NO2/c1-15-10(14)12-4-2-3-11(7-12,8-12)9-5-13-6-9/h9,13H,2-8H2,1H3. The molecule has 1 heterocycles. The molecule has 4 fully saturated rings. The Balaban J connectivity index is 1.75. The minimum atomic E-state index is -0.0808. The first-order chi connectivity index (χ1) is 7.21. The highest BCUT2D eigenvalue weighted by atomic mass is 16.5. The number of esters is 1. The van der Waals surface area contributed by atoms with Crippen LogP contribution in [-0.4, -0.2) is 26.2 Å². The van der Waals surface area contributed by atoms with E-state index in [1.165, 1.54) is 20.0 Å². The molecule has 0 amide bonds. The van der Waals surface area contributed by atoms with Gasteiger partial charge in [0.2, 0.25) is 0 Å². The lowest BCUT2D eigenvalue weighted by Gasteiger charge is -2.64. The molecule has 1 N–H and O–H groups in total. The van der Waals surface area contributed by atoms with Gasteiger partial charge in [-0.2, -0.15) is 0 Å². The summed E-state index contributed by atoms with van der Waals surface area (Å²) < 4.78 is 4.95. The second kappa shape index (κ2) is 2.97. The summed E-state index contributed by atoms with van der Waals surface area (Å²) in [5.41, 5.74) is 0.417. The molecule has 15 heavy (non-hydrogen) atoms. The van der Waals surface area contributed by atoms with Crippen molar-refractivity contribution in [2.24, 2.45) is 16.7 Å². The van der Waals surface area contributed by atoms with Gasteiger partial charge in [-0.25, -0.2) is 0 Å². The Labute approximate surface area is 90.6 Å². The van der Waals surface area contributed by atoms with E-state index in [4.69, 9.17) is 4.74 Å². The smallest absolute Gasteiger partial charge is 0.311 e. The number of carbonyl (C=O) groups is 1. The summed E-state index contributed by atoms with van der Waals surface area (Å²) in [6, 6.07) is 0. The van der Waals surface area contributed by atoms with E-state index >= 15 is 0 Å². The minimum Gasteiger partial charge on any atom is -0.469 e. The van der Waals surface area contributed by atoms with Gasteiger partial charge in [-0.1, -0.05) is 6.42 Å². The zero-order valence-electron chi connectivity index (χ0n) is 9.34. The molecule has 0 unspecified atom stereocenters.